The summed E-state index contributed by atoms with van der Waals surface area (Å²) in [5.74, 6) is 1.76. The molecule has 0 fully saturated rings. The second-order valence-corrected chi connectivity index (χ2v) is 1.65. The largest absolute Gasteiger partial charge is 0.309 e. The molecule has 0 aliphatic carbocycles. The predicted octanol–water partition coefficient (Wildman–Crippen LogP) is -0.805. The molecule has 4 heteroatoms. The number of carbonyl (C=O) groups is 1. The second-order valence-electron chi connectivity index (χ2n) is 1.11. The summed E-state index contributed by atoms with van der Waals surface area (Å²) in [4.78, 5) is 10.3. The Morgan fingerprint density at radius 2 is 2.12 bits per heavy atom. The Bertz CT molecular complexity index is 144. The molecule has 0 spiro atoms. The highest BCUT2D eigenvalue weighted by molar-refractivity contribution is 14.1. The standard InChI is InChI=1S/C4H5IN2O/c5-2-1-3(8)4(6)7/h4H,6-7H2. The summed E-state index contributed by atoms with van der Waals surface area (Å²) in [6, 6.07) is 0. The minimum absolute atomic E-state index is 0.431. The lowest BCUT2D eigenvalue weighted by Gasteiger charge is -1.92. The molecule has 0 aromatic rings. The van der Waals surface area contributed by atoms with E-state index in [0.29, 0.717) is 0 Å². The molecule has 0 bridgehead atoms. The fourth-order valence-corrected chi connectivity index (χ4v) is 0.396. The van der Waals surface area contributed by atoms with Crippen LogP contribution in [0.5, 0.6) is 0 Å². The summed E-state index contributed by atoms with van der Waals surface area (Å²) in [6.07, 6.45) is -0.947. The van der Waals surface area contributed by atoms with Crippen LogP contribution in [-0.4, -0.2) is 11.9 Å². The third kappa shape index (κ3) is 2.96. The molecule has 0 unspecified atom stereocenters. The number of hydrogen-bond donors (Lipinski definition) is 2. The second kappa shape index (κ2) is 3.83. The van der Waals surface area contributed by atoms with Crippen molar-refractivity contribution >= 4 is 28.4 Å². The van der Waals surface area contributed by atoms with Gasteiger partial charge in [-0.1, -0.05) is 0 Å². The van der Waals surface area contributed by atoms with Gasteiger partial charge in [0.2, 0.25) is 5.78 Å². The maximum atomic E-state index is 10.3. The Morgan fingerprint density at radius 1 is 1.62 bits per heavy atom. The molecule has 0 saturated carbocycles. The fourth-order valence-electron chi connectivity index (χ4n) is 0.130. The Balaban J connectivity index is 3.78. The molecule has 0 radical (unpaired) electrons. The van der Waals surface area contributed by atoms with Crippen molar-refractivity contribution in [3.63, 3.8) is 0 Å². The quantitative estimate of drug-likeness (QED) is 0.348. The molecule has 0 atom stereocenters. The summed E-state index contributed by atoms with van der Waals surface area (Å²) >= 11 is 1.74. The molecule has 0 aromatic heterocycles. The first-order valence-electron chi connectivity index (χ1n) is 1.85. The Morgan fingerprint density at radius 3 is 2.25 bits per heavy atom. The van der Waals surface area contributed by atoms with E-state index in [1.165, 1.54) is 0 Å². The minimum Gasteiger partial charge on any atom is -0.309 e. The monoisotopic (exact) mass is 224 g/mol. The molecule has 8 heavy (non-hydrogen) atoms. The first-order chi connectivity index (χ1) is 3.68. The summed E-state index contributed by atoms with van der Waals surface area (Å²) < 4.78 is 2.36. The van der Waals surface area contributed by atoms with Crippen LogP contribution in [0.25, 0.3) is 0 Å². The molecule has 44 valence electrons. The van der Waals surface area contributed by atoms with Gasteiger partial charge in [0, 0.05) is 22.6 Å². The number of rotatable bonds is 1. The topological polar surface area (TPSA) is 69.1 Å². The highest BCUT2D eigenvalue weighted by Crippen LogP contribution is 1.73. The molecule has 0 aliphatic heterocycles. The van der Waals surface area contributed by atoms with Gasteiger partial charge in [-0.25, -0.2) is 0 Å². The lowest BCUT2D eigenvalue weighted by Crippen LogP contribution is -2.38. The number of Topliss-reactive ketones (excluding diaryl/α,β-unsaturated/α-hetero) is 1. The van der Waals surface area contributed by atoms with Crippen LogP contribution in [0.3, 0.4) is 0 Å². The van der Waals surface area contributed by atoms with Crippen LogP contribution in [0, 0.1) is 9.85 Å². The third-order valence-corrected chi connectivity index (χ3v) is 0.743. The van der Waals surface area contributed by atoms with Crippen molar-refractivity contribution in [1.29, 1.82) is 0 Å². The van der Waals surface area contributed by atoms with Crippen LogP contribution in [-0.2, 0) is 4.79 Å². The van der Waals surface area contributed by atoms with Gasteiger partial charge >= 0.3 is 0 Å². The van der Waals surface area contributed by atoms with E-state index >= 15 is 0 Å². The summed E-state index contributed by atoms with van der Waals surface area (Å²) in [5, 5.41) is 0. The first kappa shape index (κ1) is 7.88. The normalized spacial score (nSPS) is 8.00. The van der Waals surface area contributed by atoms with Crippen molar-refractivity contribution < 1.29 is 4.79 Å². The lowest BCUT2D eigenvalue weighted by atomic mass is 10.3. The van der Waals surface area contributed by atoms with Gasteiger partial charge in [-0.05, 0) is 9.85 Å². The average molecular weight is 224 g/mol. The van der Waals surface area contributed by atoms with Gasteiger partial charge in [-0.3, -0.25) is 4.79 Å². The van der Waals surface area contributed by atoms with E-state index in [0.717, 1.165) is 0 Å². The molecular weight excluding hydrogens is 219 g/mol. The zero-order valence-electron chi connectivity index (χ0n) is 4.02. The Hall–Kier alpha value is -0.120. The predicted molar refractivity (Wildman–Crippen MR) is 39.0 cm³/mol. The molecule has 0 heterocycles. The van der Waals surface area contributed by atoms with Crippen LogP contribution >= 0.6 is 22.6 Å². The highest BCUT2D eigenvalue weighted by Gasteiger charge is 2.00. The average Bonchev–Trinajstić information content (AvgIpc) is 1.67. The van der Waals surface area contributed by atoms with Gasteiger partial charge in [0.15, 0.2) is 0 Å². The summed E-state index contributed by atoms with van der Waals surface area (Å²) in [6.45, 7) is 0. The van der Waals surface area contributed by atoms with Crippen LogP contribution in [0.1, 0.15) is 0 Å². The number of ketones is 1. The van der Waals surface area contributed by atoms with E-state index in [1.807, 2.05) is 0 Å². The number of halogens is 1. The van der Waals surface area contributed by atoms with Crippen molar-refractivity contribution in [3.05, 3.63) is 0 Å². The van der Waals surface area contributed by atoms with Gasteiger partial charge in [0.25, 0.3) is 0 Å². The Kier molecular flexibility index (Phi) is 3.77. The van der Waals surface area contributed by atoms with E-state index in [1.54, 1.807) is 22.6 Å². The summed E-state index contributed by atoms with van der Waals surface area (Å²) in [5.41, 5.74) is 9.89. The van der Waals surface area contributed by atoms with Gasteiger partial charge in [0.1, 0.15) is 6.17 Å². The van der Waals surface area contributed by atoms with Crippen molar-refractivity contribution in [2.24, 2.45) is 11.5 Å². The maximum absolute atomic E-state index is 10.3. The van der Waals surface area contributed by atoms with Gasteiger partial charge in [-0.15, -0.1) is 0 Å². The van der Waals surface area contributed by atoms with Crippen molar-refractivity contribution in [1.82, 2.24) is 0 Å². The molecule has 3 nitrogen and oxygen atoms in total. The number of hydrogen-bond acceptors (Lipinski definition) is 3. The number of carbonyl (C=O) groups excluding carboxylic acids is 1. The van der Waals surface area contributed by atoms with Crippen molar-refractivity contribution in [2.45, 2.75) is 6.17 Å². The zero-order valence-corrected chi connectivity index (χ0v) is 6.18. The summed E-state index contributed by atoms with van der Waals surface area (Å²) in [7, 11) is 0. The smallest absolute Gasteiger partial charge is 0.237 e. The van der Waals surface area contributed by atoms with E-state index < -0.39 is 11.9 Å². The molecule has 0 aromatic carbocycles. The zero-order chi connectivity index (χ0) is 6.57. The molecule has 0 saturated heterocycles. The molecule has 0 aliphatic rings. The van der Waals surface area contributed by atoms with E-state index in [-0.39, 0.29) is 0 Å². The van der Waals surface area contributed by atoms with Crippen molar-refractivity contribution in [2.75, 3.05) is 0 Å². The fraction of sp³-hybridized carbons (Fsp3) is 0.250. The van der Waals surface area contributed by atoms with Crippen LogP contribution < -0.4 is 11.5 Å². The van der Waals surface area contributed by atoms with Gasteiger partial charge in [-0.2, -0.15) is 0 Å². The van der Waals surface area contributed by atoms with E-state index in [9.17, 15) is 4.79 Å². The van der Waals surface area contributed by atoms with Crippen molar-refractivity contribution in [3.8, 4) is 9.85 Å². The highest BCUT2D eigenvalue weighted by atomic mass is 127. The lowest BCUT2D eigenvalue weighted by molar-refractivity contribution is -0.114. The SMILES string of the molecule is NC(N)C(=O)C#CI. The maximum Gasteiger partial charge on any atom is 0.237 e. The van der Waals surface area contributed by atoms with Crippen LogP contribution in [0.4, 0.5) is 0 Å². The molecule has 0 rings (SSSR count). The number of nitrogens with two attached hydrogens (primary N) is 2. The minimum atomic E-state index is -0.947. The molecular formula is C4H5IN2O. The van der Waals surface area contributed by atoms with Crippen LogP contribution in [0.2, 0.25) is 0 Å². The van der Waals surface area contributed by atoms with E-state index in [4.69, 9.17) is 11.5 Å². The van der Waals surface area contributed by atoms with Gasteiger partial charge < -0.3 is 11.5 Å². The third-order valence-electron chi connectivity index (χ3n) is 0.473. The Labute approximate surface area is 60.9 Å². The molecule has 4 N–H and O–H groups in total. The van der Waals surface area contributed by atoms with E-state index in [2.05, 4.69) is 9.85 Å². The van der Waals surface area contributed by atoms with Crippen LogP contribution in [0.15, 0.2) is 0 Å². The van der Waals surface area contributed by atoms with Gasteiger partial charge in [0.05, 0.1) is 0 Å². The molecule has 0 amide bonds. The first-order valence-corrected chi connectivity index (χ1v) is 2.93.